The Bertz CT molecular complexity index is 472. The predicted molar refractivity (Wildman–Crippen MR) is 70.2 cm³/mol. The van der Waals surface area contributed by atoms with Gasteiger partial charge in [-0.25, -0.2) is 8.42 Å². The molecule has 0 bridgehead atoms. The van der Waals surface area contributed by atoms with Gasteiger partial charge in [0.1, 0.15) is 4.33 Å². The average Bonchev–Trinajstić information content (AvgIpc) is 2.77. The van der Waals surface area contributed by atoms with Gasteiger partial charge in [0.25, 0.3) is 0 Å². The maximum Gasteiger partial charge on any atom is 0.231 e. The first-order valence-electron chi connectivity index (χ1n) is 5.70. The van der Waals surface area contributed by atoms with Crippen LogP contribution in [0.5, 0.6) is 0 Å². The number of sulfonamides is 1. The summed E-state index contributed by atoms with van der Waals surface area (Å²) in [5.74, 6) is -0.0827. The number of hydrogen-bond acceptors (Lipinski definition) is 3. The Kier molecular flexibility index (Phi) is 3.38. The highest BCUT2D eigenvalue weighted by Gasteiger charge is 2.68. The van der Waals surface area contributed by atoms with Crippen molar-refractivity contribution in [2.75, 3.05) is 32.4 Å². The minimum atomic E-state index is -3.17. The van der Waals surface area contributed by atoms with Crippen molar-refractivity contribution in [2.24, 2.45) is 5.41 Å². The topological polar surface area (TPSA) is 57.7 Å². The van der Waals surface area contributed by atoms with Crippen LogP contribution in [0.2, 0.25) is 0 Å². The molecule has 1 aliphatic carbocycles. The van der Waals surface area contributed by atoms with Crippen LogP contribution < -0.4 is 0 Å². The van der Waals surface area contributed by atoms with E-state index in [4.69, 9.17) is 23.2 Å². The summed E-state index contributed by atoms with van der Waals surface area (Å²) in [5, 5.41) is 0. The predicted octanol–water partition coefficient (Wildman–Crippen LogP) is 0.674. The Morgan fingerprint density at radius 1 is 1.17 bits per heavy atom. The molecule has 0 aromatic carbocycles. The van der Waals surface area contributed by atoms with Crippen LogP contribution in [0.3, 0.4) is 0 Å². The van der Waals surface area contributed by atoms with Gasteiger partial charge in [0.05, 0.1) is 11.7 Å². The summed E-state index contributed by atoms with van der Waals surface area (Å²) >= 11 is 12.0. The number of piperazine rings is 1. The van der Waals surface area contributed by atoms with Crippen LogP contribution in [0.1, 0.15) is 13.3 Å². The Hall–Kier alpha value is -0.0400. The molecule has 8 heteroatoms. The lowest BCUT2D eigenvalue weighted by Crippen LogP contribution is -2.52. The molecular formula is C10H16Cl2N2O3S. The number of carbonyl (C=O) groups excluding carboxylic acids is 1. The number of alkyl halides is 2. The average molecular weight is 315 g/mol. The normalized spacial score (nSPS) is 32.3. The molecular weight excluding hydrogens is 299 g/mol. The minimum Gasteiger partial charge on any atom is -0.339 e. The van der Waals surface area contributed by atoms with Crippen LogP contribution >= 0.6 is 23.2 Å². The first-order valence-corrected chi connectivity index (χ1v) is 8.31. The fraction of sp³-hybridized carbons (Fsp3) is 0.900. The number of amides is 1. The lowest BCUT2D eigenvalue weighted by molar-refractivity contribution is -0.137. The smallest absolute Gasteiger partial charge is 0.231 e. The SMILES string of the molecule is C[C@@]1(C(=O)N2CCN(S(C)(=O)=O)CC2)CC1(Cl)Cl. The third kappa shape index (κ3) is 2.35. The Balaban J connectivity index is 1.98. The lowest BCUT2D eigenvalue weighted by atomic mass is 10.1. The van der Waals surface area contributed by atoms with Crippen molar-refractivity contribution in [1.29, 1.82) is 0 Å². The van der Waals surface area contributed by atoms with Crippen LogP contribution in [0.4, 0.5) is 0 Å². The molecule has 1 atom stereocenters. The molecule has 104 valence electrons. The number of halogens is 2. The second kappa shape index (κ2) is 4.23. The fourth-order valence-electron chi connectivity index (χ4n) is 2.20. The first-order chi connectivity index (χ1) is 8.08. The Labute approximate surface area is 117 Å². The maximum absolute atomic E-state index is 12.2. The van der Waals surface area contributed by atoms with Gasteiger partial charge >= 0.3 is 0 Å². The molecule has 2 aliphatic rings. The van der Waals surface area contributed by atoms with Gasteiger partial charge in [-0.1, -0.05) is 0 Å². The highest BCUT2D eigenvalue weighted by atomic mass is 35.5. The molecule has 1 amide bonds. The van der Waals surface area contributed by atoms with Crippen molar-refractivity contribution in [3.8, 4) is 0 Å². The number of hydrogen-bond donors (Lipinski definition) is 0. The molecule has 2 rings (SSSR count). The summed E-state index contributed by atoms with van der Waals surface area (Å²) in [6, 6.07) is 0. The molecule has 0 radical (unpaired) electrons. The third-order valence-corrected chi connectivity index (χ3v) is 6.13. The monoisotopic (exact) mass is 314 g/mol. The van der Waals surface area contributed by atoms with Crippen molar-refractivity contribution in [2.45, 2.75) is 17.7 Å². The molecule has 1 saturated heterocycles. The molecule has 0 aromatic rings. The zero-order chi connectivity index (χ0) is 13.8. The third-order valence-electron chi connectivity index (χ3n) is 3.72. The highest BCUT2D eigenvalue weighted by molar-refractivity contribution is 7.88. The number of carbonyl (C=O) groups is 1. The molecule has 0 N–H and O–H groups in total. The van der Waals surface area contributed by atoms with Gasteiger partial charge in [-0.2, -0.15) is 4.31 Å². The van der Waals surface area contributed by atoms with Gasteiger partial charge in [0.15, 0.2) is 0 Å². The first kappa shape index (κ1) is 14.4. The molecule has 0 unspecified atom stereocenters. The van der Waals surface area contributed by atoms with Gasteiger partial charge in [-0.05, 0) is 13.3 Å². The second-order valence-corrected chi connectivity index (χ2v) is 8.63. The van der Waals surface area contributed by atoms with E-state index in [0.29, 0.717) is 32.6 Å². The van der Waals surface area contributed by atoms with E-state index in [9.17, 15) is 13.2 Å². The lowest BCUT2D eigenvalue weighted by Gasteiger charge is -2.35. The highest BCUT2D eigenvalue weighted by Crippen LogP contribution is 2.64. The van der Waals surface area contributed by atoms with E-state index >= 15 is 0 Å². The van der Waals surface area contributed by atoms with E-state index < -0.39 is 19.8 Å². The summed E-state index contributed by atoms with van der Waals surface area (Å²) in [4.78, 5) is 13.9. The van der Waals surface area contributed by atoms with Crippen molar-refractivity contribution < 1.29 is 13.2 Å². The molecule has 18 heavy (non-hydrogen) atoms. The van der Waals surface area contributed by atoms with Gasteiger partial charge in [-0.15, -0.1) is 23.2 Å². The van der Waals surface area contributed by atoms with Crippen LogP contribution in [-0.2, 0) is 14.8 Å². The van der Waals surface area contributed by atoms with Crippen LogP contribution in [-0.4, -0.2) is 60.3 Å². The van der Waals surface area contributed by atoms with E-state index in [1.54, 1.807) is 11.8 Å². The number of nitrogens with zero attached hydrogens (tertiary/aromatic N) is 2. The molecule has 0 spiro atoms. The summed E-state index contributed by atoms with van der Waals surface area (Å²) in [7, 11) is -3.17. The second-order valence-electron chi connectivity index (χ2n) is 5.17. The van der Waals surface area contributed by atoms with Crippen LogP contribution in [0.25, 0.3) is 0 Å². The summed E-state index contributed by atoms with van der Waals surface area (Å²) in [5.41, 5.74) is -0.719. The van der Waals surface area contributed by atoms with E-state index in [0.717, 1.165) is 0 Å². The zero-order valence-electron chi connectivity index (χ0n) is 10.3. The number of rotatable bonds is 2. The van der Waals surface area contributed by atoms with Crippen LogP contribution in [0.15, 0.2) is 0 Å². The minimum absolute atomic E-state index is 0.0827. The van der Waals surface area contributed by atoms with E-state index in [2.05, 4.69) is 0 Å². The van der Waals surface area contributed by atoms with Gasteiger partial charge < -0.3 is 4.90 Å². The van der Waals surface area contributed by atoms with Crippen molar-refractivity contribution in [3.63, 3.8) is 0 Å². The summed E-state index contributed by atoms with van der Waals surface area (Å²) in [6.45, 7) is 3.20. The van der Waals surface area contributed by atoms with Gasteiger partial charge in [-0.3, -0.25) is 4.79 Å². The quantitative estimate of drug-likeness (QED) is 0.704. The Morgan fingerprint density at radius 2 is 1.61 bits per heavy atom. The molecule has 1 aliphatic heterocycles. The molecule has 0 aromatic heterocycles. The summed E-state index contributed by atoms with van der Waals surface area (Å²) < 4.78 is 23.1. The zero-order valence-corrected chi connectivity index (χ0v) is 12.6. The summed E-state index contributed by atoms with van der Waals surface area (Å²) in [6.07, 6.45) is 1.63. The standard InChI is InChI=1S/C10H16Cl2N2O3S/c1-9(7-10(9,11)12)8(15)13-3-5-14(6-4-13)18(2,16)17/h3-7H2,1-2H3/t9-/m0/s1. The largest absolute Gasteiger partial charge is 0.339 e. The maximum atomic E-state index is 12.2. The van der Waals surface area contributed by atoms with E-state index in [-0.39, 0.29) is 5.91 Å². The van der Waals surface area contributed by atoms with Crippen molar-refractivity contribution >= 4 is 39.1 Å². The van der Waals surface area contributed by atoms with Crippen molar-refractivity contribution in [1.82, 2.24) is 9.21 Å². The fourth-order valence-corrected chi connectivity index (χ4v) is 3.73. The van der Waals surface area contributed by atoms with Gasteiger partial charge in [0.2, 0.25) is 15.9 Å². The molecule has 1 saturated carbocycles. The van der Waals surface area contributed by atoms with Gasteiger partial charge in [0, 0.05) is 26.2 Å². The van der Waals surface area contributed by atoms with Crippen LogP contribution in [0, 0.1) is 5.41 Å². The van der Waals surface area contributed by atoms with E-state index in [1.165, 1.54) is 10.6 Å². The Morgan fingerprint density at radius 3 is 1.94 bits per heavy atom. The molecule has 5 nitrogen and oxygen atoms in total. The molecule has 2 fully saturated rings. The van der Waals surface area contributed by atoms with Crippen molar-refractivity contribution in [3.05, 3.63) is 0 Å². The molecule has 1 heterocycles. The van der Waals surface area contributed by atoms with E-state index in [1.807, 2.05) is 0 Å².